The first-order valence-corrected chi connectivity index (χ1v) is 6.51. The Kier molecular flexibility index (Phi) is 6.27. The Bertz CT molecular complexity index is 200. The van der Waals surface area contributed by atoms with Crippen LogP contribution in [-0.4, -0.2) is 43.8 Å². The van der Waals surface area contributed by atoms with E-state index in [1.54, 1.807) is 6.92 Å². The summed E-state index contributed by atoms with van der Waals surface area (Å²) in [5.41, 5.74) is 0. The zero-order chi connectivity index (χ0) is 12.7. The van der Waals surface area contributed by atoms with Crippen LogP contribution in [0.25, 0.3) is 0 Å². The number of alkyl halides is 3. The van der Waals surface area contributed by atoms with E-state index < -0.39 is 12.7 Å². The first-order chi connectivity index (χ1) is 8.01. The third-order valence-corrected chi connectivity index (χ3v) is 3.40. The van der Waals surface area contributed by atoms with Crippen molar-refractivity contribution in [3.05, 3.63) is 0 Å². The molecule has 1 saturated heterocycles. The van der Waals surface area contributed by atoms with Gasteiger partial charge in [0.25, 0.3) is 0 Å². The number of hydrogen-bond acceptors (Lipinski definition) is 2. The molecule has 0 aromatic rings. The molecule has 1 heterocycles. The number of nitrogens with one attached hydrogen (secondary N) is 1. The Labute approximate surface area is 102 Å². The molecular weight excluding hydrogens is 229 g/mol. The van der Waals surface area contributed by atoms with E-state index in [0.717, 1.165) is 25.9 Å². The molecule has 1 rings (SSSR count). The van der Waals surface area contributed by atoms with Crippen LogP contribution in [-0.2, 0) is 0 Å². The first-order valence-electron chi connectivity index (χ1n) is 6.51. The van der Waals surface area contributed by atoms with Gasteiger partial charge in [-0.2, -0.15) is 13.2 Å². The van der Waals surface area contributed by atoms with Gasteiger partial charge >= 0.3 is 6.18 Å². The summed E-state index contributed by atoms with van der Waals surface area (Å²) >= 11 is 0. The lowest BCUT2D eigenvalue weighted by molar-refractivity contribution is -0.145. The van der Waals surface area contributed by atoms with Gasteiger partial charge in [-0.25, -0.2) is 0 Å². The quantitative estimate of drug-likeness (QED) is 0.782. The van der Waals surface area contributed by atoms with E-state index in [0.29, 0.717) is 19.0 Å². The molecular formula is C12H23F3N2. The van der Waals surface area contributed by atoms with Crippen molar-refractivity contribution in [3.8, 4) is 0 Å². The average molecular weight is 252 g/mol. The van der Waals surface area contributed by atoms with Crippen molar-refractivity contribution in [2.45, 2.75) is 38.8 Å². The van der Waals surface area contributed by atoms with E-state index in [2.05, 4.69) is 5.32 Å². The van der Waals surface area contributed by atoms with E-state index in [4.69, 9.17) is 0 Å². The summed E-state index contributed by atoms with van der Waals surface area (Å²) in [6.45, 7) is 4.19. The van der Waals surface area contributed by atoms with Gasteiger partial charge in [-0.05, 0) is 57.8 Å². The molecule has 0 aromatic heterocycles. The summed E-state index contributed by atoms with van der Waals surface area (Å²) in [5.74, 6) is 0.709. The highest BCUT2D eigenvalue weighted by molar-refractivity contribution is 4.70. The molecule has 0 spiro atoms. The lowest BCUT2D eigenvalue weighted by atomic mass is 9.93. The van der Waals surface area contributed by atoms with Crippen LogP contribution >= 0.6 is 0 Å². The zero-order valence-corrected chi connectivity index (χ0v) is 10.5. The molecule has 0 unspecified atom stereocenters. The molecule has 0 atom stereocenters. The summed E-state index contributed by atoms with van der Waals surface area (Å²) in [4.78, 5) is 1.49. The second-order valence-electron chi connectivity index (χ2n) is 4.82. The molecule has 0 amide bonds. The third kappa shape index (κ3) is 6.88. The van der Waals surface area contributed by atoms with Gasteiger partial charge in [0.15, 0.2) is 0 Å². The lowest BCUT2D eigenvalue weighted by Crippen LogP contribution is -2.35. The van der Waals surface area contributed by atoms with Gasteiger partial charge in [0.2, 0.25) is 0 Å². The Morgan fingerprint density at radius 1 is 1.24 bits per heavy atom. The maximum absolute atomic E-state index is 12.2. The normalized spacial score (nSPS) is 18.9. The van der Waals surface area contributed by atoms with Gasteiger partial charge in [0.05, 0.1) is 6.54 Å². The molecule has 102 valence electrons. The highest BCUT2D eigenvalue weighted by Gasteiger charge is 2.29. The molecule has 1 aliphatic heterocycles. The molecule has 0 radical (unpaired) electrons. The van der Waals surface area contributed by atoms with Crippen molar-refractivity contribution in [2.75, 3.05) is 32.7 Å². The summed E-state index contributed by atoms with van der Waals surface area (Å²) in [6, 6.07) is 0. The van der Waals surface area contributed by atoms with E-state index in [-0.39, 0.29) is 0 Å². The molecule has 0 bridgehead atoms. The fourth-order valence-electron chi connectivity index (χ4n) is 2.38. The average Bonchev–Trinajstić information content (AvgIpc) is 2.27. The maximum atomic E-state index is 12.2. The smallest absolute Gasteiger partial charge is 0.317 e. The van der Waals surface area contributed by atoms with Crippen LogP contribution in [0.3, 0.4) is 0 Å². The zero-order valence-electron chi connectivity index (χ0n) is 10.5. The van der Waals surface area contributed by atoms with Crippen molar-refractivity contribution < 1.29 is 13.2 Å². The molecule has 1 N–H and O–H groups in total. The largest absolute Gasteiger partial charge is 0.401 e. The molecule has 0 aromatic carbocycles. The predicted octanol–water partition coefficient (Wildman–Crippen LogP) is 2.65. The van der Waals surface area contributed by atoms with Gasteiger partial charge in [0, 0.05) is 0 Å². The lowest BCUT2D eigenvalue weighted by Gasteiger charge is -2.25. The summed E-state index contributed by atoms with van der Waals surface area (Å²) in [6.07, 6.45) is 0.228. The van der Waals surface area contributed by atoms with Gasteiger partial charge in [-0.1, -0.05) is 6.92 Å². The molecule has 2 nitrogen and oxygen atoms in total. The Balaban J connectivity index is 2.14. The van der Waals surface area contributed by atoms with Crippen LogP contribution in [0.5, 0.6) is 0 Å². The minimum absolute atomic E-state index is 0.478. The second kappa shape index (κ2) is 7.21. The Hall–Kier alpha value is -0.290. The number of nitrogens with zero attached hydrogens (tertiary/aromatic N) is 1. The summed E-state index contributed by atoms with van der Waals surface area (Å²) in [7, 11) is 0. The van der Waals surface area contributed by atoms with Crippen LogP contribution in [0.15, 0.2) is 0 Å². The highest BCUT2D eigenvalue weighted by atomic mass is 19.4. The van der Waals surface area contributed by atoms with Crippen molar-refractivity contribution in [1.29, 1.82) is 0 Å². The van der Waals surface area contributed by atoms with E-state index in [1.807, 2.05) is 0 Å². The van der Waals surface area contributed by atoms with E-state index >= 15 is 0 Å². The van der Waals surface area contributed by atoms with Gasteiger partial charge in [0.1, 0.15) is 0 Å². The number of hydrogen-bond donors (Lipinski definition) is 1. The van der Waals surface area contributed by atoms with E-state index in [1.165, 1.54) is 17.7 Å². The van der Waals surface area contributed by atoms with Crippen LogP contribution in [0, 0.1) is 5.92 Å². The topological polar surface area (TPSA) is 15.3 Å². The monoisotopic (exact) mass is 252 g/mol. The van der Waals surface area contributed by atoms with E-state index in [9.17, 15) is 13.2 Å². The van der Waals surface area contributed by atoms with Gasteiger partial charge in [-0.3, -0.25) is 4.90 Å². The first kappa shape index (κ1) is 14.8. The molecule has 1 aliphatic rings. The molecule has 0 saturated carbocycles. The minimum atomic E-state index is -4.06. The minimum Gasteiger partial charge on any atom is -0.317 e. The van der Waals surface area contributed by atoms with Crippen LogP contribution in [0.2, 0.25) is 0 Å². The second-order valence-corrected chi connectivity index (χ2v) is 4.82. The number of halogens is 3. The third-order valence-electron chi connectivity index (χ3n) is 3.40. The van der Waals surface area contributed by atoms with Crippen molar-refractivity contribution in [2.24, 2.45) is 5.92 Å². The highest BCUT2D eigenvalue weighted by Crippen LogP contribution is 2.20. The summed E-state index contributed by atoms with van der Waals surface area (Å²) in [5, 5.41) is 3.30. The fraction of sp³-hybridized carbons (Fsp3) is 1.00. The predicted molar refractivity (Wildman–Crippen MR) is 63.0 cm³/mol. The SMILES string of the molecule is CCN(CCCC1CCNCC1)CC(F)(F)F. The van der Waals surface area contributed by atoms with Crippen LogP contribution < -0.4 is 5.32 Å². The van der Waals surface area contributed by atoms with Gasteiger partial charge in [-0.15, -0.1) is 0 Å². The van der Waals surface area contributed by atoms with Crippen molar-refractivity contribution in [3.63, 3.8) is 0 Å². The summed E-state index contributed by atoms with van der Waals surface area (Å²) < 4.78 is 36.7. The fourth-order valence-corrected chi connectivity index (χ4v) is 2.38. The molecule has 17 heavy (non-hydrogen) atoms. The Morgan fingerprint density at radius 3 is 2.41 bits per heavy atom. The van der Waals surface area contributed by atoms with Crippen molar-refractivity contribution >= 4 is 0 Å². The van der Waals surface area contributed by atoms with Crippen LogP contribution in [0.1, 0.15) is 32.6 Å². The molecule has 5 heteroatoms. The van der Waals surface area contributed by atoms with Crippen molar-refractivity contribution in [1.82, 2.24) is 10.2 Å². The molecule has 1 fully saturated rings. The standard InChI is InChI=1S/C12H23F3N2/c1-2-17(10-12(13,14)15)9-3-4-11-5-7-16-8-6-11/h11,16H,2-10H2,1H3. The van der Waals surface area contributed by atoms with Crippen LogP contribution in [0.4, 0.5) is 13.2 Å². The van der Waals surface area contributed by atoms with Gasteiger partial charge < -0.3 is 5.32 Å². The number of piperidine rings is 1. The molecule has 0 aliphatic carbocycles. The maximum Gasteiger partial charge on any atom is 0.401 e. The number of rotatable bonds is 6. The Morgan fingerprint density at radius 2 is 1.88 bits per heavy atom.